The van der Waals surface area contributed by atoms with E-state index in [1.165, 1.54) is 4.90 Å². The summed E-state index contributed by atoms with van der Waals surface area (Å²) in [6, 6.07) is 0. The Morgan fingerprint density at radius 1 is 1.59 bits per heavy atom. The van der Waals surface area contributed by atoms with Crippen LogP contribution in [0.4, 0.5) is 0 Å². The molecule has 1 saturated heterocycles. The Morgan fingerprint density at radius 2 is 2.29 bits per heavy atom. The predicted molar refractivity (Wildman–Crippen MR) is 59.7 cm³/mol. The van der Waals surface area contributed by atoms with Gasteiger partial charge in [0.2, 0.25) is 5.91 Å². The summed E-state index contributed by atoms with van der Waals surface area (Å²) in [6.07, 6.45) is 0.531. The molecule has 9 heteroatoms. The van der Waals surface area contributed by atoms with E-state index in [4.69, 9.17) is 10.1 Å². The Morgan fingerprint density at radius 3 is 2.88 bits per heavy atom. The van der Waals surface area contributed by atoms with Gasteiger partial charge in [-0.2, -0.15) is 8.42 Å². The van der Waals surface area contributed by atoms with Crippen molar-refractivity contribution < 1.29 is 17.8 Å². The van der Waals surface area contributed by atoms with E-state index in [1.54, 1.807) is 0 Å². The average Bonchev–Trinajstić information content (AvgIpc) is 2.55. The van der Waals surface area contributed by atoms with Crippen molar-refractivity contribution in [2.24, 2.45) is 11.0 Å². The summed E-state index contributed by atoms with van der Waals surface area (Å²) in [6.45, 7) is 1.05. The molecule has 17 heavy (non-hydrogen) atoms. The van der Waals surface area contributed by atoms with Crippen LogP contribution in [0.3, 0.4) is 0 Å². The number of hydrogen-bond donors (Lipinski definition) is 1. The van der Waals surface area contributed by atoms with Gasteiger partial charge >= 0.3 is 0 Å². The van der Waals surface area contributed by atoms with E-state index in [0.717, 1.165) is 0 Å². The summed E-state index contributed by atoms with van der Waals surface area (Å²) in [5.74, 6) is -0.416. The van der Waals surface area contributed by atoms with Crippen molar-refractivity contribution in [3.8, 4) is 0 Å². The minimum absolute atomic E-state index is 0.00383. The smallest absolute Gasteiger partial charge is 0.264 e. The van der Waals surface area contributed by atoms with Crippen molar-refractivity contribution in [3.63, 3.8) is 0 Å². The standard InChI is InChI=1S/C8H14N4O4S/c9-11-10-5-7-4-8(13)12(6-7)2-1-3-17(14,15)16/h7H,1-6H2,(H,14,15,16). The number of amides is 1. The Hall–Kier alpha value is -1.31. The van der Waals surface area contributed by atoms with Gasteiger partial charge in [0.15, 0.2) is 0 Å². The third-order valence-corrected chi connectivity index (χ3v) is 3.33. The Kier molecular flexibility index (Phi) is 4.73. The van der Waals surface area contributed by atoms with Crippen LogP contribution in [0.5, 0.6) is 0 Å². The molecule has 0 radical (unpaired) electrons. The minimum atomic E-state index is -3.97. The number of carbonyl (C=O) groups is 1. The molecule has 0 bridgehead atoms. The van der Waals surface area contributed by atoms with Crippen LogP contribution in [0.2, 0.25) is 0 Å². The molecule has 0 aliphatic carbocycles. The SMILES string of the molecule is [N-]=[N+]=NCC1CC(=O)N(CCCS(=O)(=O)O)C1. The maximum Gasteiger partial charge on any atom is 0.264 e. The molecular formula is C8H14N4O4S. The first-order valence-corrected chi connectivity index (χ1v) is 6.77. The molecule has 96 valence electrons. The first kappa shape index (κ1) is 13.8. The summed E-state index contributed by atoms with van der Waals surface area (Å²) in [7, 11) is -3.97. The lowest BCUT2D eigenvalue weighted by atomic mass is 10.1. The van der Waals surface area contributed by atoms with Crippen molar-refractivity contribution in [3.05, 3.63) is 10.4 Å². The van der Waals surface area contributed by atoms with Crippen LogP contribution in [-0.4, -0.2) is 49.2 Å². The molecule has 1 aliphatic heterocycles. The third-order valence-electron chi connectivity index (χ3n) is 2.53. The van der Waals surface area contributed by atoms with Crippen LogP contribution in [0.15, 0.2) is 5.11 Å². The summed E-state index contributed by atoms with van der Waals surface area (Å²) >= 11 is 0. The second kappa shape index (κ2) is 5.85. The first-order valence-electron chi connectivity index (χ1n) is 5.16. The summed E-state index contributed by atoms with van der Waals surface area (Å²) in [5, 5.41) is 3.41. The molecule has 1 rings (SSSR count). The molecule has 1 amide bonds. The second-order valence-electron chi connectivity index (χ2n) is 3.96. The number of rotatable bonds is 6. The van der Waals surface area contributed by atoms with E-state index in [-0.39, 0.29) is 30.5 Å². The van der Waals surface area contributed by atoms with Crippen molar-refractivity contribution in [2.75, 3.05) is 25.4 Å². The molecule has 0 aromatic carbocycles. The number of likely N-dealkylation sites (tertiary alicyclic amines) is 1. The predicted octanol–water partition coefficient (Wildman–Crippen LogP) is 0.423. The van der Waals surface area contributed by atoms with Crippen molar-refractivity contribution in [2.45, 2.75) is 12.8 Å². The first-order chi connectivity index (χ1) is 7.92. The lowest BCUT2D eigenvalue weighted by molar-refractivity contribution is -0.127. The van der Waals surface area contributed by atoms with Gasteiger partial charge in [0.05, 0.1) is 5.75 Å². The molecular weight excluding hydrogens is 248 g/mol. The highest BCUT2D eigenvalue weighted by molar-refractivity contribution is 7.85. The van der Waals surface area contributed by atoms with E-state index < -0.39 is 10.1 Å². The number of carbonyl (C=O) groups excluding carboxylic acids is 1. The zero-order valence-electron chi connectivity index (χ0n) is 9.19. The van der Waals surface area contributed by atoms with Gasteiger partial charge in [-0.15, -0.1) is 0 Å². The zero-order chi connectivity index (χ0) is 12.9. The molecule has 1 unspecified atom stereocenters. The molecule has 1 fully saturated rings. The van der Waals surface area contributed by atoms with E-state index in [2.05, 4.69) is 10.0 Å². The van der Waals surface area contributed by atoms with Crippen LogP contribution in [0.25, 0.3) is 10.4 Å². The molecule has 0 spiro atoms. The quantitative estimate of drug-likeness (QED) is 0.322. The molecule has 8 nitrogen and oxygen atoms in total. The van der Waals surface area contributed by atoms with Gasteiger partial charge in [0.25, 0.3) is 10.1 Å². The Labute approximate surface area is 99.0 Å². The monoisotopic (exact) mass is 262 g/mol. The molecule has 1 aliphatic rings. The normalized spacial score (nSPS) is 20.4. The van der Waals surface area contributed by atoms with E-state index in [0.29, 0.717) is 19.5 Å². The number of azide groups is 1. The topological polar surface area (TPSA) is 123 Å². The van der Waals surface area contributed by atoms with Crippen LogP contribution in [-0.2, 0) is 14.9 Å². The Bertz CT molecular complexity index is 429. The van der Waals surface area contributed by atoms with Gasteiger partial charge in [-0.05, 0) is 17.9 Å². The van der Waals surface area contributed by atoms with Crippen molar-refractivity contribution in [1.29, 1.82) is 0 Å². The van der Waals surface area contributed by atoms with E-state index >= 15 is 0 Å². The van der Waals surface area contributed by atoms with Crippen LogP contribution in [0, 0.1) is 5.92 Å². The summed E-state index contributed by atoms with van der Waals surface area (Å²) in [4.78, 5) is 15.6. The third kappa shape index (κ3) is 5.03. The van der Waals surface area contributed by atoms with Gasteiger partial charge in [0, 0.05) is 31.0 Å². The fraction of sp³-hybridized carbons (Fsp3) is 0.875. The van der Waals surface area contributed by atoms with Gasteiger partial charge < -0.3 is 4.90 Å². The zero-order valence-corrected chi connectivity index (χ0v) is 10.0. The molecule has 0 aromatic rings. The molecule has 0 aromatic heterocycles. The maximum atomic E-state index is 11.5. The molecule has 1 N–H and O–H groups in total. The van der Waals surface area contributed by atoms with Crippen LogP contribution in [0.1, 0.15) is 12.8 Å². The van der Waals surface area contributed by atoms with Crippen molar-refractivity contribution >= 4 is 16.0 Å². The average molecular weight is 262 g/mol. The highest BCUT2D eigenvalue weighted by Crippen LogP contribution is 2.18. The largest absolute Gasteiger partial charge is 0.342 e. The fourth-order valence-electron chi connectivity index (χ4n) is 1.78. The highest BCUT2D eigenvalue weighted by Gasteiger charge is 2.28. The molecule has 0 saturated carbocycles. The second-order valence-corrected chi connectivity index (χ2v) is 5.54. The molecule has 1 heterocycles. The highest BCUT2D eigenvalue weighted by atomic mass is 32.2. The van der Waals surface area contributed by atoms with Gasteiger partial charge in [-0.3, -0.25) is 9.35 Å². The lowest BCUT2D eigenvalue weighted by Crippen LogP contribution is -2.27. The van der Waals surface area contributed by atoms with Crippen molar-refractivity contribution in [1.82, 2.24) is 4.90 Å². The summed E-state index contributed by atoms with van der Waals surface area (Å²) in [5.41, 5.74) is 8.15. The number of hydrogen-bond acceptors (Lipinski definition) is 4. The Balaban J connectivity index is 2.35. The van der Waals surface area contributed by atoms with Gasteiger partial charge in [0.1, 0.15) is 0 Å². The van der Waals surface area contributed by atoms with Gasteiger partial charge in [-0.1, -0.05) is 5.11 Å². The molecule has 1 atom stereocenters. The maximum absolute atomic E-state index is 11.5. The number of nitrogens with zero attached hydrogens (tertiary/aromatic N) is 4. The van der Waals surface area contributed by atoms with Gasteiger partial charge in [-0.25, -0.2) is 0 Å². The summed E-state index contributed by atoms with van der Waals surface area (Å²) < 4.78 is 29.5. The fourth-order valence-corrected chi connectivity index (χ4v) is 2.28. The lowest BCUT2D eigenvalue weighted by Gasteiger charge is -2.15. The van der Waals surface area contributed by atoms with E-state index in [1.807, 2.05) is 0 Å². The van der Waals surface area contributed by atoms with Crippen LogP contribution < -0.4 is 0 Å². The van der Waals surface area contributed by atoms with Crippen LogP contribution >= 0.6 is 0 Å². The minimum Gasteiger partial charge on any atom is -0.342 e. The van der Waals surface area contributed by atoms with E-state index in [9.17, 15) is 13.2 Å².